The van der Waals surface area contributed by atoms with Crippen molar-refractivity contribution in [2.45, 2.75) is 6.04 Å². The summed E-state index contributed by atoms with van der Waals surface area (Å²) in [6.45, 7) is 3.72. The van der Waals surface area contributed by atoms with Crippen LogP contribution in [-0.2, 0) is 0 Å². The molecule has 5 heteroatoms. The van der Waals surface area contributed by atoms with Crippen LogP contribution in [0.1, 0.15) is 0 Å². The number of hydrogen-bond acceptors (Lipinski definition) is 3. The van der Waals surface area contributed by atoms with Crippen molar-refractivity contribution in [2.24, 2.45) is 0 Å². The summed E-state index contributed by atoms with van der Waals surface area (Å²) in [5, 5.41) is 17.6. The molecule has 0 atom stereocenters. The van der Waals surface area contributed by atoms with Crippen LogP contribution < -0.4 is 12.4 Å². The van der Waals surface area contributed by atoms with Gasteiger partial charge in [-0.2, -0.15) is 10.5 Å². The van der Waals surface area contributed by atoms with E-state index in [1.165, 1.54) is 0 Å². The van der Waals surface area contributed by atoms with Gasteiger partial charge in [0.25, 0.3) is 6.04 Å². The van der Waals surface area contributed by atoms with Gasteiger partial charge in [0.2, 0.25) is 0 Å². The molecule has 0 radical (unpaired) electrons. The number of halogens is 1. The quantitative estimate of drug-likeness (QED) is 0.432. The van der Waals surface area contributed by atoms with Crippen LogP contribution in [0.2, 0.25) is 0 Å². The first-order valence-corrected chi connectivity index (χ1v) is 4.44. The van der Waals surface area contributed by atoms with Crippen molar-refractivity contribution in [3.05, 3.63) is 0 Å². The Morgan fingerprint density at radius 1 is 1.21 bits per heavy atom. The topological polar surface area (TPSA) is 50.8 Å². The zero-order valence-electron chi connectivity index (χ0n) is 8.57. The molecule has 0 saturated carbocycles. The van der Waals surface area contributed by atoms with E-state index in [9.17, 15) is 0 Å². The van der Waals surface area contributed by atoms with Crippen LogP contribution in [0.3, 0.4) is 0 Å². The van der Waals surface area contributed by atoms with Crippen LogP contribution in [0.4, 0.5) is 0 Å². The minimum absolute atomic E-state index is 0. The predicted octanol–water partition coefficient (Wildman–Crippen LogP) is -3.20. The van der Waals surface area contributed by atoms with E-state index in [1.807, 2.05) is 7.05 Å². The summed E-state index contributed by atoms with van der Waals surface area (Å²) in [7, 11) is 4.06. The number of rotatable bonds is 1. The number of nitriles is 2. The lowest BCUT2D eigenvalue weighted by Crippen LogP contribution is -3.00. The summed E-state index contributed by atoms with van der Waals surface area (Å²) in [5.74, 6) is 0. The molecule has 1 aliphatic rings. The molecule has 78 valence electrons. The van der Waals surface area contributed by atoms with Gasteiger partial charge >= 0.3 is 0 Å². The second-order valence-corrected chi connectivity index (χ2v) is 3.89. The van der Waals surface area contributed by atoms with Gasteiger partial charge in [-0.1, -0.05) is 0 Å². The molecule has 0 spiro atoms. The third-order valence-corrected chi connectivity index (χ3v) is 2.85. The fourth-order valence-electron chi connectivity index (χ4n) is 1.59. The summed E-state index contributed by atoms with van der Waals surface area (Å²) in [6.07, 6.45) is 0. The van der Waals surface area contributed by atoms with Crippen molar-refractivity contribution in [1.82, 2.24) is 4.90 Å². The van der Waals surface area contributed by atoms with Crippen LogP contribution in [-0.4, -0.2) is 55.7 Å². The van der Waals surface area contributed by atoms with Crippen LogP contribution in [0.25, 0.3) is 0 Å². The monoisotopic (exact) mass is 214 g/mol. The largest absolute Gasteiger partial charge is 1.00 e. The molecule has 0 aliphatic carbocycles. The molecule has 1 saturated heterocycles. The molecule has 1 fully saturated rings. The number of quaternary nitrogens is 1. The van der Waals surface area contributed by atoms with E-state index in [0.29, 0.717) is 4.48 Å². The van der Waals surface area contributed by atoms with E-state index in [4.69, 9.17) is 10.5 Å². The predicted molar refractivity (Wildman–Crippen MR) is 48.4 cm³/mol. The first-order valence-electron chi connectivity index (χ1n) is 4.44. The average Bonchev–Trinajstić information content (AvgIpc) is 2.13. The zero-order chi connectivity index (χ0) is 9.90. The van der Waals surface area contributed by atoms with Gasteiger partial charge in [0.05, 0.1) is 20.1 Å². The third-order valence-electron chi connectivity index (χ3n) is 2.85. The molecule has 0 aromatic carbocycles. The molecule has 0 amide bonds. The van der Waals surface area contributed by atoms with Crippen LogP contribution in [0.5, 0.6) is 0 Å². The van der Waals surface area contributed by atoms with Crippen LogP contribution in [0.15, 0.2) is 0 Å². The summed E-state index contributed by atoms with van der Waals surface area (Å²) < 4.78 is 0.581. The van der Waals surface area contributed by atoms with Crippen LogP contribution in [0, 0.1) is 22.7 Å². The van der Waals surface area contributed by atoms with Gasteiger partial charge < -0.3 is 12.4 Å². The molecule has 4 nitrogen and oxygen atoms in total. The Morgan fingerprint density at radius 3 is 2.00 bits per heavy atom. The van der Waals surface area contributed by atoms with Gasteiger partial charge in [0.1, 0.15) is 12.1 Å². The van der Waals surface area contributed by atoms with Crippen molar-refractivity contribution in [2.75, 3.05) is 40.3 Å². The highest BCUT2D eigenvalue weighted by Crippen LogP contribution is 2.13. The lowest BCUT2D eigenvalue weighted by Gasteiger charge is -2.41. The second-order valence-electron chi connectivity index (χ2n) is 3.89. The van der Waals surface area contributed by atoms with Gasteiger partial charge in [0, 0.05) is 13.1 Å². The maximum Gasteiger partial charge on any atom is 0.263 e. The molecule has 1 heterocycles. The summed E-state index contributed by atoms with van der Waals surface area (Å²) in [6, 6.07) is 3.63. The Labute approximate surface area is 91.3 Å². The first-order chi connectivity index (χ1) is 6.12. The Bertz CT molecular complexity index is 243. The molecule has 1 aliphatic heterocycles. The maximum atomic E-state index is 8.81. The lowest BCUT2D eigenvalue weighted by molar-refractivity contribution is -0.922. The summed E-state index contributed by atoms with van der Waals surface area (Å²) >= 11 is 0. The highest BCUT2D eigenvalue weighted by molar-refractivity contribution is 5.02. The van der Waals surface area contributed by atoms with Gasteiger partial charge in [0.15, 0.2) is 0 Å². The zero-order valence-corrected chi connectivity index (χ0v) is 9.33. The van der Waals surface area contributed by atoms with Crippen molar-refractivity contribution in [3.63, 3.8) is 0 Å². The van der Waals surface area contributed by atoms with E-state index in [0.717, 1.165) is 26.2 Å². The minimum atomic E-state index is -0.506. The fourth-order valence-corrected chi connectivity index (χ4v) is 1.59. The number of nitrogens with zero attached hydrogens (tertiary/aromatic N) is 4. The van der Waals surface area contributed by atoms with Gasteiger partial charge in [-0.25, -0.2) is 0 Å². The molecule has 0 N–H and O–H groups in total. The maximum absolute atomic E-state index is 8.81. The van der Waals surface area contributed by atoms with Crippen molar-refractivity contribution in [1.29, 1.82) is 10.5 Å². The minimum Gasteiger partial charge on any atom is -1.00 e. The van der Waals surface area contributed by atoms with Crippen LogP contribution >= 0.6 is 0 Å². The fraction of sp³-hybridized carbons (Fsp3) is 0.778. The Hall–Kier alpha value is -0.810. The van der Waals surface area contributed by atoms with Gasteiger partial charge in [-0.05, 0) is 7.05 Å². The molecular formula is C9H15ClN4. The van der Waals surface area contributed by atoms with E-state index in [-0.39, 0.29) is 12.4 Å². The molecule has 1 rings (SSSR count). The van der Waals surface area contributed by atoms with Gasteiger partial charge in [-0.15, -0.1) is 0 Å². The van der Waals surface area contributed by atoms with Crippen molar-refractivity contribution >= 4 is 0 Å². The molecule has 0 unspecified atom stereocenters. The Balaban J connectivity index is 0.00000169. The molecule has 0 bridgehead atoms. The van der Waals surface area contributed by atoms with E-state index in [1.54, 1.807) is 0 Å². The highest BCUT2D eigenvalue weighted by Gasteiger charge is 2.35. The van der Waals surface area contributed by atoms with Crippen molar-refractivity contribution < 1.29 is 16.9 Å². The van der Waals surface area contributed by atoms with Crippen molar-refractivity contribution in [3.8, 4) is 12.1 Å². The first kappa shape index (κ1) is 13.2. The van der Waals surface area contributed by atoms with E-state index >= 15 is 0 Å². The molecule has 0 aromatic heterocycles. The second kappa shape index (κ2) is 5.17. The number of piperazine rings is 1. The van der Waals surface area contributed by atoms with E-state index in [2.05, 4.69) is 24.1 Å². The number of likely N-dealkylation sites (N-methyl/N-ethyl adjacent to an activating group) is 2. The lowest BCUT2D eigenvalue weighted by atomic mass is 10.2. The number of hydrogen-bond donors (Lipinski definition) is 0. The van der Waals surface area contributed by atoms with Gasteiger partial charge in [-0.3, -0.25) is 9.38 Å². The standard InChI is InChI=1S/C9H15N4.ClH/c1-12-3-5-13(2,6-4-12)9(7-10)8-11;/h9H,3-6H2,1-2H3;1H/q+1;/p-1. The normalized spacial score (nSPS) is 20.6. The average molecular weight is 215 g/mol. The Morgan fingerprint density at radius 2 is 1.64 bits per heavy atom. The van der Waals surface area contributed by atoms with E-state index < -0.39 is 6.04 Å². The molecule has 14 heavy (non-hydrogen) atoms. The SMILES string of the molecule is CN1CC[N+](C)(C(C#N)C#N)CC1.[Cl-]. The summed E-state index contributed by atoms with van der Waals surface area (Å²) in [5.41, 5.74) is 0. The molecule has 0 aromatic rings. The Kier molecular flexibility index (Phi) is 4.87. The smallest absolute Gasteiger partial charge is 0.263 e. The molecular weight excluding hydrogens is 200 g/mol. The third kappa shape index (κ3) is 2.59. The highest BCUT2D eigenvalue weighted by atomic mass is 35.5. The summed E-state index contributed by atoms with van der Waals surface area (Å²) in [4.78, 5) is 2.23.